The number of hydrogen-bond donors (Lipinski definition) is 2. The minimum absolute atomic E-state index is 0.158. The van der Waals surface area contributed by atoms with Crippen molar-refractivity contribution < 1.29 is 4.79 Å². The van der Waals surface area contributed by atoms with Crippen LogP contribution in [0.4, 0.5) is 0 Å². The van der Waals surface area contributed by atoms with Crippen LogP contribution < -0.4 is 5.32 Å². The number of aromatic amines is 1. The molecule has 1 saturated heterocycles. The Morgan fingerprint density at radius 1 is 1.27 bits per heavy atom. The molecule has 3 nitrogen and oxygen atoms in total. The molecule has 1 aliphatic heterocycles. The summed E-state index contributed by atoms with van der Waals surface area (Å²) >= 11 is 0. The van der Waals surface area contributed by atoms with E-state index in [9.17, 15) is 4.79 Å². The Bertz CT molecular complexity index is 515. The smallest absolute Gasteiger partial charge is 0.220 e. The molecule has 0 aliphatic carbocycles. The Morgan fingerprint density at radius 3 is 2.93 bits per heavy atom. The van der Waals surface area contributed by atoms with Gasteiger partial charge in [-0.1, -0.05) is 18.2 Å². The second kappa shape index (κ2) is 3.12. The Labute approximate surface area is 87.5 Å². The molecule has 2 heterocycles. The van der Waals surface area contributed by atoms with Gasteiger partial charge in [0.15, 0.2) is 0 Å². The molecule has 1 atom stereocenters. The Balaban J connectivity index is 2.07. The first-order chi connectivity index (χ1) is 7.34. The van der Waals surface area contributed by atoms with Gasteiger partial charge in [-0.2, -0.15) is 0 Å². The van der Waals surface area contributed by atoms with Gasteiger partial charge in [0.2, 0.25) is 5.91 Å². The molecule has 0 saturated carbocycles. The summed E-state index contributed by atoms with van der Waals surface area (Å²) in [6.45, 7) is 0.765. The summed E-state index contributed by atoms with van der Waals surface area (Å²) in [5, 5.41) is 4.10. The fourth-order valence-corrected chi connectivity index (χ4v) is 2.26. The summed E-state index contributed by atoms with van der Waals surface area (Å²) in [6.07, 6.45) is 2.64. The van der Waals surface area contributed by atoms with Crippen molar-refractivity contribution in [3.63, 3.8) is 0 Å². The lowest BCUT2D eigenvalue weighted by Crippen LogP contribution is -2.13. The molecular formula is C12H12N2O. The summed E-state index contributed by atoms with van der Waals surface area (Å²) in [4.78, 5) is 14.4. The first kappa shape index (κ1) is 8.53. The standard InChI is InChI=1S/C12H12N2O/c15-12-5-8(6-14-12)10-7-13-11-4-2-1-3-9(10)11/h1-4,7-8,13H,5-6H2,(H,14,15)/t8-/m0/s1. The van der Waals surface area contributed by atoms with E-state index in [0.717, 1.165) is 12.1 Å². The monoisotopic (exact) mass is 200 g/mol. The molecule has 1 aromatic carbocycles. The molecular weight excluding hydrogens is 188 g/mol. The lowest BCUT2D eigenvalue weighted by atomic mass is 9.98. The van der Waals surface area contributed by atoms with Gasteiger partial charge < -0.3 is 10.3 Å². The van der Waals surface area contributed by atoms with E-state index in [4.69, 9.17) is 0 Å². The SMILES string of the molecule is O=C1C[C@H](c2c[nH]c3ccccc23)CN1. The summed E-state index contributed by atoms with van der Waals surface area (Å²) in [6, 6.07) is 8.21. The van der Waals surface area contributed by atoms with Crippen LogP contribution in [0.15, 0.2) is 30.5 Å². The van der Waals surface area contributed by atoms with E-state index in [-0.39, 0.29) is 5.91 Å². The molecule has 1 aliphatic rings. The first-order valence-corrected chi connectivity index (χ1v) is 5.17. The van der Waals surface area contributed by atoms with E-state index < -0.39 is 0 Å². The van der Waals surface area contributed by atoms with Gasteiger partial charge in [-0.15, -0.1) is 0 Å². The highest BCUT2D eigenvalue weighted by atomic mass is 16.1. The van der Waals surface area contributed by atoms with Crippen molar-refractivity contribution in [1.82, 2.24) is 10.3 Å². The zero-order valence-electron chi connectivity index (χ0n) is 8.29. The van der Waals surface area contributed by atoms with Crippen molar-refractivity contribution in [3.05, 3.63) is 36.0 Å². The number of rotatable bonds is 1. The van der Waals surface area contributed by atoms with Crippen LogP contribution in [0.25, 0.3) is 10.9 Å². The zero-order valence-corrected chi connectivity index (χ0v) is 8.29. The predicted molar refractivity (Wildman–Crippen MR) is 58.7 cm³/mol. The number of carbonyl (C=O) groups excluding carboxylic acids is 1. The summed E-state index contributed by atoms with van der Waals surface area (Å²) in [5.74, 6) is 0.485. The van der Waals surface area contributed by atoms with Crippen LogP contribution in [-0.2, 0) is 4.79 Å². The molecule has 76 valence electrons. The van der Waals surface area contributed by atoms with Crippen LogP contribution in [-0.4, -0.2) is 17.4 Å². The van der Waals surface area contributed by atoms with Crippen molar-refractivity contribution in [1.29, 1.82) is 0 Å². The number of hydrogen-bond acceptors (Lipinski definition) is 1. The maximum Gasteiger partial charge on any atom is 0.220 e. The topological polar surface area (TPSA) is 44.9 Å². The third-order valence-electron chi connectivity index (χ3n) is 3.04. The Morgan fingerprint density at radius 2 is 2.13 bits per heavy atom. The van der Waals surface area contributed by atoms with Gasteiger partial charge in [0, 0.05) is 36.0 Å². The average Bonchev–Trinajstić information content (AvgIpc) is 2.83. The van der Waals surface area contributed by atoms with Crippen LogP contribution in [0.2, 0.25) is 0 Å². The van der Waals surface area contributed by atoms with Crippen LogP contribution in [0.1, 0.15) is 17.9 Å². The molecule has 2 N–H and O–H groups in total. The summed E-state index contributed by atoms with van der Waals surface area (Å²) in [7, 11) is 0. The minimum atomic E-state index is 0.158. The van der Waals surface area contributed by atoms with Crippen LogP contribution in [0.3, 0.4) is 0 Å². The number of para-hydroxylation sites is 1. The second-order valence-electron chi connectivity index (χ2n) is 3.99. The van der Waals surface area contributed by atoms with Gasteiger partial charge in [0.1, 0.15) is 0 Å². The van der Waals surface area contributed by atoms with Gasteiger partial charge in [-0.25, -0.2) is 0 Å². The van der Waals surface area contributed by atoms with Crippen molar-refractivity contribution >= 4 is 16.8 Å². The molecule has 0 spiro atoms. The highest BCUT2D eigenvalue weighted by Gasteiger charge is 2.24. The maximum absolute atomic E-state index is 11.2. The Hall–Kier alpha value is -1.77. The largest absolute Gasteiger partial charge is 0.361 e. The quantitative estimate of drug-likeness (QED) is 0.724. The zero-order chi connectivity index (χ0) is 10.3. The van der Waals surface area contributed by atoms with E-state index in [1.165, 1.54) is 10.9 Å². The number of amides is 1. The van der Waals surface area contributed by atoms with Crippen molar-refractivity contribution in [3.8, 4) is 0 Å². The molecule has 2 aromatic rings. The van der Waals surface area contributed by atoms with E-state index in [0.29, 0.717) is 12.3 Å². The number of H-pyrrole nitrogens is 1. The van der Waals surface area contributed by atoms with Crippen molar-refractivity contribution in [2.75, 3.05) is 6.54 Å². The van der Waals surface area contributed by atoms with Crippen molar-refractivity contribution in [2.24, 2.45) is 0 Å². The van der Waals surface area contributed by atoms with E-state index >= 15 is 0 Å². The summed E-state index contributed by atoms with van der Waals surface area (Å²) in [5.41, 5.74) is 2.40. The number of aromatic nitrogens is 1. The first-order valence-electron chi connectivity index (χ1n) is 5.17. The lowest BCUT2D eigenvalue weighted by Gasteiger charge is -2.04. The van der Waals surface area contributed by atoms with E-state index in [1.807, 2.05) is 18.3 Å². The van der Waals surface area contributed by atoms with Gasteiger partial charge >= 0.3 is 0 Å². The third-order valence-corrected chi connectivity index (χ3v) is 3.04. The van der Waals surface area contributed by atoms with Gasteiger partial charge in [0.05, 0.1) is 0 Å². The fourth-order valence-electron chi connectivity index (χ4n) is 2.26. The van der Waals surface area contributed by atoms with Crippen molar-refractivity contribution in [2.45, 2.75) is 12.3 Å². The third kappa shape index (κ3) is 1.31. The van der Waals surface area contributed by atoms with Gasteiger partial charge in [-0.05, 0) is 11.6 Å². The molecule has 0 radical (unpaired) electrons. The molecule has 1 amide bonds. The number of benzene rings is 1. The van der Waals surface area contributed by atoms with Crippen LogP contribution in [0.5, 0.6) is 0 Å². The van der Waals surface area contributed by atoms with E-state index in [1.54, 1.807) is 0 Å². The molecule has 3 rings (SSSR count). The number of nitrogens with one attached hydrogen (secondary N) is 2. The number of carbonyl (C=O) groups is 1. The Kier molecular flexibility index (Phi) is 1.78. The normalized spacial score (nSPS) is 20.8. The second-order valence-corrected chi connectivity index (χ2v) is 3.99. The average molecular weight is 200 g/mol. The summed E-state index contributed by atoms with van der Waals surface area (Å²) < 4.78 is 0. The molecule has 0 bridgehead atoms. The number of fused-ring (bicyclic) bond motifs is 1. The predicted octanol–water partition coefficient (Wildman–Crippen LogP) is 1.77. The lowest BCUT2D eigenvalue weighted by molar-refractivity contribution is -0.119. The molecule has 3 heteroatoms. The highest BCUT2D eigenvalue weighted by molar-refractivity contribution is 5.86. The van der Waals surface area contributed by atoms with Gasteiger partial charge in [-0.3, -0.25) is 4.79 Å². The fraction of sp³-hybridized carbons (Fsp3) is 0.250. The van der Waals surface area contributed by atoms with Gasteiger partial charge in [0.25, 0.3) is 0 Å². The van der Waals surface area contributed by atoms with Crippen LogP contribution in [0, 0.1) is 0 Å². The minimum Gasteiger partial charge on any atom is -0.361 e. The highest BCUT2D eigenvalue weighted by Crippen LogP contribution is 2.29. The maximum atomic E-state index is 11.2. The molecule has 0 unspecified atom stereocenters. The van der Waals surface area contributed by atoms with E-state index in [2.05, 4.69) is 22.4 Å². The molecule has 15 heavy (non-hydrogen) atoms. The molecule has 1 fully saturated rings. The molecule has 1 aromatic heterocycles. The van der Waals surface area contributed by atoms with Crippen LogP contribution >= 0.6 is 0 Å².